The Labute approximate surface area is 121 Å². The van der Waals surface area contributed by atoms with Crippen molar-refractivity contribution in [2.24, 2.45) is 0 Å². The summed E-state index contributed by atoms with van der Waals surface area (Å²) in [5.74, 6) is 0.745. The first-order valence-electron chi connectivity index (χ1n) is 6.99. The van der Waals surface area contributed by atoms with E-state index in [1.165, 1.54) is 0 Å². The van der Waals surface area contributed by atoms with Crippen LogP contribution in [0.3, 0.4) is 0 Å². The smallest absolute Gasteiger partial charge is 0.125 e. The Morgan fingerprint density at radius 3 is 2.15 bits per heavy atom. The van der Waals surface area contributed by atoms with E-state index in [2.05, 4.69) is 6.07 Å². The van der Waals surface area contributed by atoms with Crippen molar-refractivity contribution in [3.8, 4) is 5.75 Å². The summed E-state index contributed by atoms with van der Waals surface area (Å²) in [5.41, 5.74) is 4.02. The van der Waals surface area contributed by atoms with Crippen molar-refractivity contribution in [1.29, 1.82) is 0 Å². The average Bonchev–Trinajstić information content (AvgIpc) is 2.36. The summed E-state index contributed by atoms with van der Waals surface area (Å²) in [6.07, 6.45) is -0.578. The maximum absolute atomic E-state index is 10.7. The zero-order valence-electron chi connectivity index (χ0n) is 12.6. The number of aryl methyl sites for hydroxylation is 2. The number of hydrogen-bond acceptors (Lipinski definition) is 2. The van der Waals surface area contributed by atoms with Gasteiger partial charge in [-0.05, 0) is 39.3 Å². The maximum Gasteiger partial charge on any atom is 0.125 e. The molecule has 2 rings (SSSR count). The second-order valence-corrected chi connectivity index (χ2v) is 5.53. The van der Waals surface area contributed by atoms with Gasteiger partial charge in [-0.25, -0.2) is 0 Å². The Bertz CT molecular complexity index is 567. The molecule has 2 aromatic carbocycles. The van der Waals surface area contributed by atoms with Gasteiger partial charge in [0.2, 0.25) is 0 Å². The van der Waals surface area contributed by atoms with Gasteiger partial charge in [-0.3, -0.25) is 0 Å². The molecule has 106 valence electrons. The summed E-state index contributed by atoms with van der Waals surface area (Å²) in [7, 11) is 0. The lowest BCUT2D eigenvalue weighted by Gasteiger charge is -2.19. The van der Waals surface area contributed by atoms with Crippen LogP contribution in [0.15, 0.2) is 42.5 Å². The van der Waals surface area contributed by atoms with E-state index < -0.39 is 6.10 Å². The molecule has 1 N–H and O–H groups in total. The summed E-state index contributed by atoms with van der Waals surface area (Å²) in [6, 6.07) is 13.8. The average molecular weight is 270 g/mol. The van der Waals surface area contributed by atoms with Crippen LogP contribution in [-0.4, -0.2) is 11.2 Å². The molecule has 0 saturated carbocycles. The fourth-order valence-corrected chi connectivity index (χ4v) is 2.42. The topological polar surface area (TPSA) is 29.5 Å². The van der Waals surface area contributed by atoms with Crippen molar-refractivity contribution in [2.45, 2.75) is 39.9 Å². The number of hydrogen-bond donors (Lipinski definition) is 1. The minimum absolute atomic E-state index is 0.0857. The number of ether oxygens (including phenoxy) is 1. The zero-order valence-corrected chi connectivity index (χ0v) is 12.6. The van der Waals surface area contributed by atoms with E-state index in [0.29, 0.717) is 0 Å². The predicted molar refractivity (Wildman–Crippen MR) is 82.2 cm³/mol. The summed E-state index contributed by atoms with van der Waals surface area (Å²) >= 11 is 0. The molecule has 0 fully saturated rings. The highest BCUT2D eigenvalue weighted by Gasteiger charge is 2.16. The van der Waals surface area contributed by atoms with Crippen LogP contribution in [0.25, 0.3) is 0 Å². The predicted octanol–water partition coefficient (Wildman–Crippen LogP) is 4.17. The van der Waals surface area contributed by atoms with Gasteiger partial charge in [0.25, 0.3) is 0 Å². The molecule has 1 atom stereocenters. The first-order valence-corrected chi connectivity index (χ1v) is 6.99. The van der Waals surface area contributed by atoms with Crippen LogP contribution in [-0.2, 0) is 0 Å². The molecule has 0 heterocycles. The zero-order chi connectivity index (χ0) is 14.7. The van der Waals surface area contributed by atoms with Crippen molar-refractivity contribution < 1.29 is 9.84 Å². The van der Waals surface area contributed by atoms with E-state index in [1.54, 1.807) is 0 Å². The highest BCUT2D eigenvalue weighted by molar-refractivity contribution is 5.42. The number of para-hydroxylation sites is 1. The van der Waals surface area contributed by atoms with Gasteiger partial charge in [0.15, 0.2) is 0 Å². The minimum Gasteiger partial charge on any atom is -0.491 e. The van der Waals surface area contributed by atoms with Gasteiger partial charge in [-0.1, -0.05) is 47.5 Å². The van der Waals surface area contributed by atoms with Crippen molar-refractivity contribution in [3.05, 3.63) is 64.7 Å². The van der Waals surface area contributed by atoms with E-state index in [0.717, 1.165) is 28.0 Å². The molecular formula is C18H22O2. The van der Waals surface area contributed by atoms with Crippen LogP contribution in [0, 0.1) is 13.8 Å². The molecule has 0 spiro atoms. The first-order chi connectivity index (χ1) is 9.47. The van der Waals surface area contributed by atoms with Gasteiger partial charge >= 0.3 is 0 Å². The standard InChI is InChI=1S/C18H22O2/c1-12(2)20-17-8-6-5-7-16(17)18(19)15-10-13(3)9-14(4)11-15/h5-12,18-19H,1-4H3. The molecular weight excluding hydrogens is 248 g/mol. The molecule has 20 heavy (non-hydrogen) atoms. The molecule has 2 heteroatoms. The van der Waals surface area contributed by atoms with Crippen molar-refractivity contribution in [2.75, 3.05) is 0 Å². The molecule has 0 bridgehead atoms. The lowest BCUT2D eigenvalue weighted by atomic mass is 9.97. The van der Waals surface area contributed by atoms with Gasteiger partial charge in [-0.15, -0.1) is 0 Å². The normalized spacial score (nSPS) is 12.5. The minimum atomic E-state index is -0.663. The summed E-state index contributed by atoms with van der Waals surface area (Å²) in [5, 5.41) is 10.7. The van der Waals surface area contributed by atoms with Crippen LogP contribution in [0.2, 0.25) is 0 Å². The number of benzene rings is 2. The quantitative estimate of drug-likeness (QED) is 0.903. The van der Waals surface area contributed by atoms with Crippen molar-refractivity contribution in [1.82, 2.24) is 0 Å². The van der Waals surface area contributed by atoms with Gasteiger partial charge in [0.1, 0.15) is 11.9 Å². The third-order valence-corrected chi connectivity index (χ3v) is 3.14. The largest absolute Gasteiger partial charge is 0.491 e. The molecule has 0 amide bonds. The summed E-state index contributed by atoms with van der Waals surface area (Å²) < 4.78 is 5.79. The third-order valence-electron chi connectivity index (χ3n) is 3.14. The van der Waals surface area contributed by atoms with Gasteiger partial charge < -0.3 is 9.84 Å². The Balaban J connectivity index is 2.39. The Morgan fingerprint density at radius 1 is 0.950 bits per heavy atom. The monoisotopic (exact) mass is 270 g/mol. The van der Waals surface area contributed by atoms with E-state index in [9.17, 15) is 5.11 Å². The number of aliphatic hydroxyl groups is 1. The lowest BCUT2D eigenvalue weighted by molar-refractivity contribution is 0.198. The molecule has 0 aromatic heterocycles. The Hall–Kier alpha value is -1.80. The van der Waals surface area contributed by atoms with Gasteiger partial charge in [-0.2, -0.15) is 0 Å². The Kier molecular flexibility index (Phi) is 4.46. The van der Waals surface area contributed by atoms with E-state index in [4.69, 9.17) is 4.74 Å². The SMILES string of the molecule is Cc1cc(C)cc(C(O)c2ccccc2OC(C)C)c1. The van der Waals surface area contributed by atoms with E-state index in [-0.39, 0.29) is 6.10 Å². The molecule has 0 aliphatic heterocycles. The fraction of sp³-hybridized carbons (Fsp3) is 0.333. The second kappa shape index (κ2) is 6.10. The molecule has 2 nitrogen and oxygen atoms in total. The number of rotatable bonds is 4. The molecule has 0 aliphatic carbocycles. The highest BCUT2D eigenvalue weighted by atomic mass is 16.5. The first kappa shape index (κ1) is 14.6. The molecule has 0 aliphatic rings. The second-order valence-electron chi connectivity index (χ2n) is 5.53. The Morgan fingerprint density at radius 2 is 1.55 bits per heavy atom. The van der Waals surface area contributed by atoms with Gasteiger partial charge in [0.05, 0.1) is 6.10 Å². The summed E-state index contributed by atoms with van der Waals surface area (Å²) in [6.45, 7) is 8.05. The van der Waals surface area contributed by atoms with E-state index >= 15 is 0 Å². The number of aliphatic hydroxyl groups excluding tert-OH is 1. The fourth-order valence-electron chi connectivity index (χ4n) is 2.42. The molecule has 1 unspecified atom stereocenters. The molecule has 0 saturated heterocycles. The van der Waals surface area contributed by atoms with Crippen LogP contribution in [0.5, 0.6) is 5.75 Å². The van der Waals surface area contributed by atoms with Crippen LogP contribution >= 0.6 is 0 Å². The summed E-state index contributed by atoms with van der Waals surface area (Å²) in [4.78, 5) is 0. The van der Waals surface area contributed by atoms with Crippen molar-refractivity contribution in [3.63, 3.8) is 0 Å². The van der Waals surface area contributed by atoms with Crippen LogP contribution in [0.4, 0.5) is 0 Å². The lowest BCUT2D eigenvalue weighted by Crippen LogP contribution is -2.10. The molecule has 2 aromatic rings. The van der Waals surface area contributed by atoms with Gasteiger partial charge in [0, 0.05) is 5.56 Å². The molecule has 0 radical (unpaired) electrons. The van der Waals surface area contributed by atoms with Crippen LogP contribution < -0.4 is 4.74 Å². The van der Waals surface area contributed by atoms with Crippen molar-refractivity contribution >= 4 is 0 Å². The maximum atomic E-state index is 10.7. The van der Waals surface area contributed by atoms with E-state index in [1.807, 2.05) is 64.1 Å². The van der Waals surface area contributed by atoms with Crippen LogP contribution in [0.1, 0.15) is 42.2 Å². The third kappa shape index (κ3) is 3.40. The highest BCUT2D eigenvalue weighted by Crippen LogP contribution is 2.31.